The Balaban J connectivity index is 1.83. The number of aliphatic hydroxyl groups is 1. The maximum Gasteiger partial charge on any atom is 0.167 e. The number of hydrogen-bond donors (Lipinski definition) is 1. The topological polar surface area (TPSA) is 50.2 Å². The number of aryl methyl sites for hydroxylation is 1. The van der Waals surface area contributed by atoms with Crippen LogP contribution < -0.4 is 0 Å². The Morgan fingerprint density at radius 1 is 0.969 bits per heavy atom. The molecule has 2 aromatic rings. The Hall–Kier alpha value is -2.94. The summed E-state index contributed by atoms with van der Waals surface area (Å²) in [7, 11) is 0. The molecule has 0 atom stereocenters. The number of ketones is 1. The van der Waals surface area contributed by atoms with Gasteiger partial charge in [-0.25, -0.2) is 0 Å². The summed E-state index contributed by atoms with van der Waals surface area (Å²) in [5.74, 6) is 0.165. The fourth-order valence-electron chi connectivity index (χ4n) is 4.96. The quantitative estimate of drug-likeness (QED) is 0.537. The fourth-order valence-corrected chi connectivity index (χ4v) is 4.96. The van der Waals surface area contributed by atoms with Crippen LogP contribution in [0.4, 0.5) is 0 Å². The van der Waals surface area contributed by atoms with Gasteiger partial charge in [0.25, 0.3) is 0 Å². The van der Waals surface area contributed by atoms with Crippen LogP contribution in [-0.4, -0.2) is 15.9 Å². The second-order valence-corrected chi connectivity index (χ2v) is 10.5. The molecule has 0 saturated heterocycles. The molecule has 1 aromatic carbocycles. The summed E-state index contributed by atoms with van der Waals surface area (Å²) in [6.07, 6.45) is 7.16. The smallest absolute Gasteiger partial charge is 0.167 e. The Bertz CT molecular complexity index is 1200. The first kappa shape index (κ1) is 22.3. The van der Waals surface area contributed by atoms with Crippen LogP contribution in [0.25, 0.3) is 11.1 Å². The number of fused-ring (bicyclic) bond motifs is 1. The highest BCUT2D eigenvalue weighted by Crippen LogP contribution is 2.44. The van der Waals surface area contributed by atoms with E-state index in [1.54, 1.807) is 6.20 Å². The normalized spacial score (nSPS) is 18.7. The van der Waals surface area contributed by atoms with E-state index in [4.69, 9.17) is 4.98 Å². The van der Waals surface area contributed by atoms with E-state index in [2.05, 4.69) is 72.8 Å². The van der Waals surface area contributed by atoms with Gasteiger partial charge in [0.2, 0.25) is 0 Å². The van der Waals surface area contributed by atoms with Gasteiger partial charge in [0.15, 0.2) is 5.78 Å². The number of carbonyl (C=O) groups is 1. The van der Waals surface area contributed by atoms with Gasteiger partial charge in [0, 0.05) is 41.0 Å². The molecule has 0 spiro atoms. The molecule has 166 valence electrons. The number of allylic oxidation sites excluding steroid dienone is 5. The minimum absolute atomic E-state index is 0.00270. The van der Waals surface area contributed by atoms with Crippen LogP contribution in [0.1, 0.15) is 87.9 Å². The van der Waals surface area contributed by atoms with E-state index in [-0.39, 0.29) is 22.4 Å². The summed E-state index contributed by atoms with van der Waals surface area (Å²) >= 11 is 0. The molecule has 3 heteroatoms. The number of aromatic nitrogens is 1. The van der Waals surface area contributed by atoms with Crippen molar-refractivity contribution in [1.29, 1.82) is 0 Å². The van der Waals surface area contributed by atoms with Gasteiger partial charge < -0.3 is 5.11 Å². The Labute approximate surface area is 191 Å². The molecule has 0 bridgehead atoms. The number of benzene rings is 1. The SMILES string of the molecule is CC(C)=C(c1ccc(C2=C(O)CCC2=O)cn1)c1cc2c(cc1C)C(C)(C)C=CC2(C)C. The van der Waals surface area contributed by atoms with Crippen molar-refractivity contribution in [3.63, 3.8) is 0 Å². The molecule has 2 aliphatic carbocycles. The van der Waals surface area contributed by atoms with Crippen LogP contribution in [0.2, 0.25) is 0 Å². The van der Waals surface area contributed by atoms with Crippen molar-refractivity contribution in [2.75, 3.05) is 0 Å². The third kappa shape index (κ3) is 3.64. The van der Waals surface area contributed by atoms with Gasteiger partial charge in [-0.05, 0) is 55.2 Å². The van der Waals surface area contributed by atoms with Gasteiger partial charge in [-0.1, -0.05) is 57.6 Å². The molecular formula is C29H33NO2. The molecule has 4 rings (SSSR count). The van der Waals surface area contributed by atoms with Crippen LogP contribution in [-0.2, 0) is 15.6 Å². The van der Waals surface area contributed by atoms with Crippen molar-refractivity contribution >= 4 is 16.9 Å². The van der Waals surface area contributed by atoms with E-state index in [9.17, 15) is 9.90 Å². The molecule has 32 heavy (non-hydrogen) atoms. The largest absolute Gasteiger partial charge is 0.512 e. The standard InChI is InChI=1S/C29H33NO2/c1-17(2)26(23-9-8-19(16-30-23)27-24(31)10-11-25(27)32)20-15-22-21(14-18(20)3)28(4,5)12-13-29(22,6)7/h8-9,12-16,31H,10-11H2,1-7H3. The molecule has 0 fully saturated rings. The van der Waals surface area contributed by atoms with Crippen molar-refractivity contribution < 1.29 is 9.90 Å². The first-order valence-corrected chi connectivity index (χ1v) is 11.4. The highest BCUT2D eigenvalue weighted by molar-refractivity contribution is 6.23. The maximum absolute atomic E-state index is 12.2. The molecule has 1 heterocycles. The molecule has 0 aliphatic heterocycles. The Morgan fingerprint density at radius 3 is 2.09 bits per heavy atom. The third-order valence-electron chi connectivity index (χ3n) is 6.90. The lowest BCUT2D eigenvalue weighted by Crippen LogP contribution is -2.29. The van der Waals surface area contributed by atoms with Gasteiger partial charge in [-0.2, -0.15) is 0 Å². The van der Waals surface area contributed by atoms with E-state index < -0.39 is 0 Å². The molecule has 0 amide bonds. The van der Waals surface area contributed by atoms with Gasteiger partial charge >= 0.3 is 0 Å². The number of carbonyl (C=O) groups excluding carboxylic acids is 1. The fraction of sp³-hybridized carbons (Fsp3) is 0.379. The third-order valence-corrected chi connectivity index (χ3v) is 6.90. The lowest BCUT2D eigenvalue weighted by Gasteiger charge is -2.37. The van der Waals surface area contributed by atoms with Gasteiger partial charge in [0.1, 0.15) is 5.76 Å². The Kier molecular flexibility index (Phi) is 5.27. The van der Waals surface area contributed by atoms with E-state index in [0.29, 0.717) is 24.0 Å². The molecule has 3 nitrogen and oxygen atoms in total. The van der Waals surface area contributed by atoms with Gasteiger partial charge in [0.05, 0.1) is 11.3 Å². The molecule has 0 unspecified atom stereocenters. The van der Waals surface area contributed by atoms with Gasteiger partial charge in [-0.15, -0.1) is 0 Å². The summed E-state index contributed by atoms with van der Waals surface area (Å²) in [5, 5.41) is 10.1. The Morgan fingerprint density at radius 2 is 1.59 bits per heavy atom. The number of hydrogen-bond acceptors (Lipinski definition) is 3. The number of rotatable bonds is 3. The van der Waals surface area contributed by atoms with E-state index in [1.807, 2.05) is 12.1 Å². The zero-order valence-electron chi connectivity index (χ0n) is 20.3. The zero-order valence-corrected chi connectivity index (χ0v) is 20.3. The summed E-state index contributed by atoms with van der Waals surface area (Å²) in [4.78, 5) is 16.9. The van der Waals surface area contributed by atoms with Crippen LogP contribution >= 0.6 is 0 Å². The summed E-state index contributed by atoms with van der Waals surface area (Å²) in [6.45, 7) is 15.5. The van der Waals surface area contributed by atoms with Gasteiger partial charge in [-0.3, -0.25) is 9.78 Å². The van der Waals surface area contributed by atoms with E-state index in [1.165, 1.54) is 27.8 Å². The molecule has 0 radical (unpaired) electrons. The number of nitrogens with zero attached hydrogens (tertiary/aromatic N) is 1. The number of aliphatic hydroxyl groups excluding tert-OH is 1. The molecule has 0 saturated carbocycles. The molecule has 1 N–H and O–H groups in total. The monoisotopic (exact) mass is 427 g/mol. The summed E-state index contributed by atoms with van der Waals surface area (Å²) in [5.41, 5.74) is 9.43. The predicted octanol–water partition coefficient (Wildman–Crippen LogP) is 6.99. The van der Waals surface area contributed by atoms with Crippen LogP contribution in [0.15, 0.2) is 53.9 Å². The number of Topliss-reactive ketones (excluding diaryl/α,β-unsaturated/α-hetero) is 1. The van der Waals surface area contributed by atoms with E-state index in [0.717, 1.165) is 11.3 Å². The van der Waals surface area contributed by atoms with E-state index >= 15 is 0 Å². The van der Waals surface area contributed by atoms with Crippen molar-refractivity contribution in [2.24, 2.45) is 0 Å². The first-order valence-electron chi connectivity index (χ1n) is 11.4. The van der Waals surface area contributed by atoms with Crippen LogP contribution in [0.5, 0.6) is 0 Å². The predicted molar refractivity (Wildman–Crippen MR) is 132 cm³/mol. The average Bonchev–Trinajstić information content (AvgIpc) is 3.05. The second-order valence-electron chi connectivity index (χ2n) is 10.5. The van der Waals surface area contributed by atoms with Crippen LogP contribution in [0.3, 0.4) is 0 Å². The summed E-state index contributed by atoms with van der Waals surface area (Å²) in [6, 6.07) is 8.57. The minimum Gasteiger partial charge on any atom is -0.512 e. The van der Waals surface area contributed by atoms with Crippen molar-refractivity contribution in [1.82, 2.24) is 4.98 Å². The zero-order chi connectivity index (χ0) is 23.4. The minimum atomic E-state index is -0.0375. The lowest BCUT2D eigenvalue weighted by molar-refractivity contribution is -0.113. The average molecular weight is 428 g/mol. The van der Waals surface area contributed by atoms with Crippen molar-refractivity contribution in [3.05, 3.63) is 87.5 Å². The highest BCUT2D eigenvalue weighted by atomic mass is 16.3. The second kappa shape index (κ2) is 7.58. The van der Waals surface area contributed by atoms with Crippen LogP contribution in [0, 0.1) is 6.92 Å². The maximum atomic E-state index is 12.2. The first-order chi connectivity index (χ1) is 14.9. The number of pyridine rings is 1. The molecule has 1 aromatic heterocycles. The molecular weight excluding hydrogens is 394 g/mol. The van der Waals surface area contributed by atoms with Crippen molar-refractivity contribution in [3.8, 4) is 0 Å². The van der Waals surface area contributed by atoms with Crippen molar-refractivity contribution in [2.45, 2.75) is 72.1 Å². The molecule has 2 aliphatic rings. The lowest BCUT2D eigenvalue weighted by atomic mass is 9.67. The highest BCUT2D eigenvalue weighted by Gasteiger charge is 2.34. The summed E-state index contributed by atoms with van der Waals surface area (Å²) < 4.78 is 0.